The van der Waals surface area contributed by atoms with Crippen molar-refractivity contribution in [1.82, 2.24) is 5.32 Å². The van der Waals surface area contributed by atoms with Gasteiger partial charge in [0.25, 0.3) is 5.91 Å². The molecule has 0 aliphatic heterocycles. The van der Waals surface area contributed by atoms with E-state index in [1.807, 2.05) is 6.92 Å². The van der Waals surface area contributed by atoms with Crippen LogP contribution in [0.3, 0.4) is 0 Å². The number of sulfonamides is 1. The van der Waals surface area contributed by atoms with E-state index in [4.69, 9.17) is 16.3 Å². The van der Waals surface area contributed by atoms with Gasteiger partial charge in [0.05, 0.1) is 18.5 Å². The highest BCUT2D eigenvalue weighted by molar-refractivity contribution is 7.92. The lowest BCUT2D eigenvalue weighted by Crippen LogP contribution is -2.29. The minimum absolute atomic E-state index is 0.0834. The minimum atomic E-state index is -3.48. The molecule has 0 heterocycles. The topological polar surface area (TPSA) is 75.7 Å². The van der Waals surface area contributed by atoms with Crippen LogP contribution in [0.15, 0.2) is 48.5 Å². The van der Waals surface area contributed by atoms with Crippen LogP contribution in [0.5, 0.6) is 5.75 Å². The van der Waals surface area contributed by atoms with E-state index in [1.165, 1.54) is 4.31 Å². The summed E-state index contributed by atoms with van der Waals surface area (Å²) < 4.78 is 31.2. The molecule has 0 unspecified atom stereocenters. The Balaban J connectivity index is 2.08. The number of hydrogen-bond donors (Lipinski definition) is 1. The zero-order valence-electron chi connectivity index (χ0n) is 15.3. The van der Waals surface area contributed by atoms with Gasteiger partial charge in [-0.05, 0) is 48.4 Å². The summed E-state index contributed by atoms with van der Waals surface area (Å²) in [7, 11) is -3.48. The van der Waals surface area contributed by atoms with Crippen LogP contribution in [-0.4, -0.2) is 33.7 Å². The quantitative estimate of drug-likeness (QED) is 0.688. The van der Waals surface area contributed by atoms with Crippen LogP contribution in [-0.2, 0) is 21.4 Å². The van der Waals surface area contributed by atoms with Crippen molar-refractivity contribution in [2.75, 3.05) is 23.7 Å². The first-order chi connectivity index (χ1) is 12.8. The third-order valence-corrected chi connectivity index (χ3v) is 5.10. The summed E-state index contributed by atoms with van der Waals surface area (Å²) in [5, 5.41) is 3.31. The molecular formula is C19H23ClN2O4S. The number of rotatable bonds is 9. The first-order valence-electron chi connectivity index (χ1n) is 8.51. The van der Waals surface area contributed by atoms with E-state index in [-0.39, 0.29) is 19.1 Å². The molecule has 0 aromatic heterocycles. The van der Waals surface area contributed by atoms with E-state index < -0.39 is 10.0 Å². The Morgan fingerprint density at radius 1 is 1.11 bits per heavy atom. The smallest absolute Gasteiger partial charge is 0.257 e. The molecule has 1 N–H and O–H groups in total. The molecule has 0 saturated carbocycles. The third-order valence-electron chi connectivity index (χ3n) is 3.71. The Hall–Kier alpha value is -2.25. The molecule has 0 fully saturated rings. The summed E-state index contributed by atoms with van der Waals surface area (Å²) in [5.41, 5.74) is 1.33. The van der Waals surface area contributed by atoms with Crippen molar-refractivity contribution in [3.8, 4) is 5.75 Å². The fourth-order valence-corrected chi connectivity index (χ4v) is 3.34. The molecule has 1 amide bonds. The molecule has 8 heteroatoms. The van der Waals surface area contributed by atoms with Gasteiger partial charge in [0.2, 0.25) is 10.0 Å². The van der Waals surface area contributed by atoms with Gasteiger partial charge in [-0.25, -0.2) is 8.42 Å². The number of halogens is 1. The second-order valence-corrected chi connectivity index (χ2v) is 8.37. The summed E-state index contributed by atoms with van der Waals surface area (Å²) in [4.78, 5) is 11.6. The highest BCUT2D eigenvalue weighted by Crippen LogP contribution is 2.24. The minimum Gasteiger partial charge on any atom is -0.484 e. The average Bonchev–Trinajstić information content (AvgIpc) is 2.64. The molecule has 2 rings (SSSR count). The second-order valence-electron chi connectivity index (χ2n) is 6.03. The summed E-state index contributed by atoms with van der Waals surface area (Å²) in [5.74, 6) is 0.298. The third kappa shape index (κ3) is 6.77. The van der Waals surface area contributed by atoms with Gasteiger partial charge in [-0.2, -0.15) is 0 Å². The average molecular weight is 411 g/mol. The lowest BCUT2D eigenvalue weighted by molar-refractivity contribution is -0.123. The standard InChI is InChI=1S/C19H23ClN2O4S/c1-3-12-21-19(23)14-26-18-10-8-17(9-11-18)22(27(2,24)25)13-15-4-6-16(20)7-5-15/h4-11H,3,12-14H2,1-2H3,(H,21,23). The fraction of sp³-hybridized carbons (Fsp3) is 0.316. The first kappa shape index (κ1) is 21.1. The van der Waals surface area contributed by atoms with Crippen molar-refractivity contribution in [2.24, 2.45) is 0 Å². The number of ether oxygens (including phenoxy) is 1. The summed E-state index contributed by atoms with van der Waals surface area (Å²) in [6.07, 6.45) is 2.01. The largest absolute Gasteiger partial charge is 0.484 e. The maximum Gasteiger partial charge on any atom is 0.257 e. The molecule has 6 nitrogen and oxygen atoms in total. The van der Waals surface area contributed by atoms with Crippen molar-refractivity contribution in [3.63, 3.8) is 0 Å². The Morgan fingerprint density at radius 3 is 2.30 bits per heavy atom. The van der Waals surface area contributed by atoms with Gasteiger partial charge < -0.3 is 10.1 Å². The maximum atomic E-state index is 12.2. The highest BCUT2D eigenvalue weighted by Gasteiger charge is 2.18. The lowest BCUT2D eigenvalue weighted by Gasteiger charge is -2.23. The van der Waals surface area contributed by atoms with Crippen molar-refractivity contribution in [2.45, 2.75) is 19.9 Å². The zero-order chi connectivity index (χ0) is 19.9. The molecule has 2 aromatic rings. The maximum absolute atomic E-state index is 12.2. The molecule has 0 bridgehead atoms. The van der Waals surface area contributed by atoms with E-state index in [2.05, 4.69) is 5.32 Å². The van der Waals surface area contributed by atoms with Crippen molar-refractivity contribution in [3.05, 3.63) is 59.1 Å². The second kappa shape index (κ2) is 9.62. The van der Waals surface area contributed by atoms with Gasteiger partial charge in [-0.3, -0.25) is 9.10 Å². The van der Waals surface area contributed by atoms with Gasteiger partial charge in [0.15, 0.2) is 6.61 Å². The summed E-state index contributed by atoms with van der Waals surface area (Å²) in [6, 6.07) is 13.6. The zero-order valence-corrected chi connectivity index (χ0v) is 16.9. The van der Waals surface area contributed by atoms with Crippen LogP contribution in [0.4, 0.5) is 5.69 Å². The molecule has 27 heavy (non-hydrogen) atoms. The van der Waals surface area contributed by atoms with Gasteiger partial charge in [0.1, 0.15) is 5.75 Å². The molecule has 2 aromatic carbocycles. The number of nitrogens with one attached hydrogen (secondary N) is 1. The van der Waals surface area contributed by atoms with E-state index in [1.54, 1.807) is 48.5 Å². The van der Waals surface area contributed by atoms with Crippen LogP contribution < -0.4 is 14.4 Å². The van der Waals surface area contributed by atoms with Gasteiger partial charge in [0, 0.05) is 11.6 Å². The Bertz CT molecular complexity index is 852. The Kier molecular flexibility index (Phi) is 7.50. The molecule has 146 valence electrons. The van der Waals surface area contributed by atoms with E-state index in [0.29, 0.717) is 23.0 Å². The molecule has 0 aliphatic rings. The Labute approximate surface area is 165 Å². The number of amides is 1. The normalized spacial score (nSPS) is 11.1. The number of hydrogen-bond acceptors (Lipinski definition) is 4. The molecule has 0 radical (unpaired) electrons. The molecule has 0 saturated heterocycles. The number of nitrogens with zero attached hydrogens (tertiary/aromatic N) is 1. The molecular weight excluding hydrogens is 388 g/mol. The van der Waals surface area contributed by atoms with Crippen molar-refractivity contribution < 1.29 is 17.9 Å². The highest BCUT2D eigenvalue weighted by atomic mass is 35.5. The number of carbonyl (C=O) groups excluding carboxylic acids is 1. The van der Waals surface area contributed by atoms with Crippen LogP contribution in [0.25, 0.3) is 0 Å². The predicted molar refractivity (Wildman–Crippen MR) is 108 cm³/mol. The van der Waals surface area contributed by atoms with Crippen LogP contribution in [0.2, 0.25) is 5.02 Å². The molecule has 0 aliphatic carbocycles. The first-order valence-corrected chi connectivity index (χ1v) is 10.7. The van der Waals surface area contributed by atoms with Gasteiger partial charge >= 0.3 is 0 Å². The monoisotopic (exact) mass is 410 g/mol. The SMILES string of the molecule is CCCNC(=O)COc1ccc(N(Cc2ccc(Cl)cc2)S(C)(=O)=O)cc1. The number of carbonyl (C=O) groups is 1. The lowest BCUT2D eigenvalue weighted by atomic mass is 10.2. The number of benzene rings is 2. The summed E-state index contributed by atoms with van der Waals surface area (Å²) in [6.45, 7) is 2.68. The Morgan fingerprint density at radius 2 is 1.74 bits per heavy atom. The van der Waals surface area contributed by atoms with E-state index in [9.17, 15) is 13.2 Å². The van der Waals surface area contributed by atoms with Gasteiger partial charge in [-0.15, -0.1) is 0 Å². The molecule has 0 spiro atoms. The van der Waals surface area contributed by atoms with Crippen molar-refractivity contribution in [1.29, 1.82) is 0 Å². The predicted octanol–water partition coefficient (Wildman–Crippen LogP) is 3.21. The van der Waals surface area contributed by atoms with E-state index >= 15 is 0 Å². The van der Waals surface area contributed by atoms with E-state index in [0.717, 1.165) is 18.2 Å². The van der Waals surface area contributed by atoms with Crippen LogP contribution in [0.1, 0.15) is 18.9 Å². The van der Waals surface area contributed by atoms with Crippen LogP contribution >= 0.6 is 11.6 Å². The van der Waals surface area contributed by atoms with Crippen LogP contribution in [0, 0.1) is 0 Å². The summed E-state index contributed by atoms with van der Waals surface area (Å²) >= 11 is 5.88. The van der Waals surface area contributed by atoms with Gasteiger partial charge in [-0.1, -0.05) is 30.7 Å². The molecule has 0 atom stereocenters. The fourth-order valence-electron chi connectivity index (χ4n) is 2.33. The van der Waals surface area contributed by atoms with Crippen molar-refractivity contribution >= 4 is 33.2 Å². The number of anilines is 1.